The highest BCUT2D eigenvalue weighted by atomic mass is 79.9. The first kappa shape index (κ1) is 23.5. The Kier molecular flexibility index (Phi) is 6.87. The summed E-state index contributed by atoms with van der Waals surface area (Å²) in [4.78, 5) is 12.9. The van der Waals surface area contributed by atoms with E-state index in [2.05, 4.69) is 68.0 Å². The van der Waals surface area contributed by atoms with Gasteiger partial charge in [-0.25, -0.2) is 10.1 Å². The smallest absolute Gasteiger partial charge is 0.265 e. The third-order valence-corrected chi connectivity index (χ3v) is 6.35. The number of aromatic nitrogens is 2. The summed E-state index contributed by atoms with van der Waals surface area (Å²) in [6.45, 7) is 2.03. The SMILES string of the molecule is Cc1ccccc1-n1nc(C(=O)N/N=C\c2ccc(Br)cc2)cc1-c1ccc(-c2ccccc2)cc1. The highest BCUT2D eigenvalue weighted by molar-refractivity contribution is 9.10. The molecule has 0 saturated carbocycles. The fraction of sp³-hybridized carbons (Fsp3) is 0.0333. The molecule has 0 bridgehead atoms. The number of amides is 1. The van der Waals surface area contributed by atoms with Crippen LogP contribution >= 0.6 is 15.9 Å². The van der Waals surface area contributed by atoms with Crippen molar-refractivity contribution in [2.75, 3.05) is 0 Å². The van der Waals surface area contributed by atoms with Gasteiger partial charge in [0, 0.05) is 10.0 Å². The Morgan fingerprint density at radius 2 is 1.47 bits per heavy atom. The number of nitrogens with zero attached hydrogens (tertiary/aromatic N) is 3. The second-order valence-electron chi connectivity index (χ2n) is 8.31. The third-order valence-electron chi connectivity index (χ3n) is 5.82. The van der Waals surface area contributed by atoms with Crippen LogP contribution in [-0.4, -0.2) is 21.9 Å². The van der Waals surface area contributed by atoms with Gasteiger partial charge in [-0.1, -0.05) is 101 Å². The Bertz CT molecular complexity index is 1520. The van der Waals surface area contributed by atoms with Crippen LogP contribution in [0.5, 0.6) is 0 Å². The molecule has 0 radical (unpaired) electrons. The van der Waals surface area contributed by atoms with Crippen LogP contribution in [0, 0.1) is 6.92 Å². The molecule has 1 aromatic heterocycles. The van der Waals surface area contributed by atoms with E-state index in [1.54, 1.807) is 12.3 Å². The summed E-state index contributed by atoms with van der Waals surface area (Å²) in [6, 6.07) is 36.0. The zero-order chi connectivity index (χ0) is 24.9. The van der Waals surface area contributed by atoms with E-state index in [0.29, 0.717) is 0 Å². The molecule has 0 aliphatic carbocycles. The van der Waals surface area contributed by atoms with Gasteiger partial charge < -0.3 is 0 Å². The van der Waals surface area contributed by atoms with Gasteiger partial charge >= 0.3 is 0 Å². The van der Waals surface area contributed by atoms with Crippen LogP contribution in [0.3, 0.4) is 0 Å². The lowest BCUT2D eigenvalue weighted by Crippen LogP contribution is -2.18. The number of nitrogens with one attached hydrogen (secondary N) is 1. The van der Waals surface area contributed by atoms with E-state index in [0.717, 1.165) is 43.7 Å². The van der Waals surface area contributed by atoms with Crippen molar-refractivity contribution in [3.05, 3.63) is 130 Å². The summed E-state index contributed by atoms with van der Waals surface area (Å²) in [5.74, 6) is -0.377. The van der Waals surface area contributed by atoms with Gasteiger partial charge in [0.15, 0.2) is 5.69 Å². The number of carbonyl (C=O) groups excluding carboxylic acids is 1. The third kappa shape index (κ3) is 5.19. The van der Waals surface area contributed by atoms with Crippen LogP contribution in [-0.2, 0) is 0 Å². The number of hydrogen-bond acceptors (Lipinski definition) is 3. The minimum atomic E-state index is -0.377. The van der Waals surface area contributed by atoms with Crippen molar-refractivity contribution < 1.29 is 4.79 Å². The zero-order valence-electron chi connectivity index (χ0n) is 19.6. The number of carbonyl (C=O) groups is 1. The number of para-hydroxylation sites is 1. The summed E-state index contributed by atoms with van der Waals surface area (Å²) in [5.41, 5.74) is 9.79. The molecule has 0 spiro atoms. The van der Waals surface area contributed by atoms with Crippen LogP contribution in [0.25, 0.3) is 28.1 Å². The molecular weight excluding hydrogens is 512 g/mol. The Labute approximate surface area is 218 Å². The predicted octanol–water partition coefficient (Wildman–Crippen LogP) is 7.04. The fourth-order valence-electron chi connectivity index (χ4n) is 3.92. The number of rotatable bonds is 6. The summed E-state index contributed by atoms with van der Waals surface area (Å²) in [7, 11) is 0. The molecule has 5 aromatic rings. The van der Waals surface area contributed by atoms with Crippen LogP contribution < -0.4 is 5.43 Å². The Morgan fingerprint density at radius 3 is 2.19 bits per heavy atom. The van der Waals surface area contributed by atoms with E-state index < -0.39 is 0 Å². The monoisotopic (exact) mass is 534 g/mol. The number of aryl methyl sites for hydroxylation is 1. The molecule has 4 aromatic carbocycles. The molecule has 176 valence electrons. The summed E-state index contributed by atoms with van der Waals surface area (Å²) in [5, 5.41) is 8.77. The highest BCUT2D eigenvalue weighted by Gasteiger charge is 2.17. The van der Waals surface area contributed by atoms with Crippen molar-refractivity contribution in [2.24, 2.45) is 5.10 Å². The topological polar surface area (TPSA) is 59.3 Å². The lowest BCUT2D eigenvalue weighted by Gasteiger charge is -2.11. The van der Waals surface area contributed by atoms with E-state index in [-0.39, 0.29) is 11.6 Å². The number of hydrogen-bond donors (Lipinski definition) is 1. The lowest BCUT2D eigenvalue weighted by molar-refractivity contribution is 0.0949. The van der Waals surface area contributed by atoms with Gasteiger partial charge in [-0.3, -0.25) is 4.79 Å². The standard InChI is InChI=1S/C30H23BrN4O/c1-21-7-5-6-10-28(21)35-29(25-15-13-24(14-16-25)23-8-3-2-4-9-23)19-27(34-35)30(36)33-32-20-22-11-17-26(31)18-12-22/h2-20H,1H3,(H,33,36)/b32-20-. The van der Waals surface area contributed by atoms with Crippen LogP contribution in [0.15, 0.2) is 119 Å². The summed E-state index contributed by atoms with van der Waals surface area (Å²) < 4.78 is 2.80. The molecule has 0 unspecified atom stereocenters. The first-order valence-electron chi connectivity index (χ1n) is 11.5. The molecule has 0 saturated heterocycles. The first-order valence-corrected chi connectivity index (χ1v) is 12.3. The van der Waals surface area contributed by atoms with E-state index in [1.165, 1.54) is 0 Å². The van der Waals surface area contributed by atoms with Crippen molar-refractivity contribution in [1.82, 2.24) is 15.2 Å². The summed E-state index contributed by atoms with van der Waals surface area (Å²) >= 11 is 3.41. The molecule has 0 fully saturated rings. The largest absolute Gasteiger partial charge is 0.291 e. The van der Waals surface area contributed by atoms with Gasteiger partial charge in [-0.2, -0.15) is 10.2 Å². The molecule has 1 heterocycles. The van der Waals surface area contributed by atoms with Crippen LogP contribution in [0.4, 0.5) is 0 Å². The van der Waals surface area contributed by atoms with Crippen LogP contribution in [0.2, 0.25) is 0 Å². The van der Waals surface area contributed by atoms with Crippen molar-refractivity contribution in [2.45, 2.75) is 6.92 Å². The maximum atomic E-state index is 12.9. The molecule has 36 heavy (non-hydrogen) atoms. The molecule has 0 aliphatic rings. The highest BCUT2D eigenvalue weighted by Crippen LogP contribution is 2.28. The molecule has 1 amide bonds. The average Bonchev–Trinajstić information content (AvgIpc) is 3.36. The van der Waals surface area contributed by atoms with Gasteiger partial charge in [0.1, 0.15) is 0 Å². The molecule has 5 nitrogen and oxygen atoms in total. The predicted molar refractivity (Wildman–Crippen MR) is 148 cm³/mol. The molecule has 1 N–H and O–H groups in total. The normalized spacial score (nSPS) is 11.1. The lowest BCUT2D eigenvalue weighted by atomic mass is 10.0. The molecular formula is C30H23BrN4O. The first-order chi connectivity index (χ1) is 17.6. The molecule has 0 atom stereocenters. The van der Waals surface area contributed by atoms with Crippen molar-refractivity contribution in [3.63, 3.8) is 0 Å². The Balaban J connectivity index is 1.46. The second-order valence-corrected chi connectivity index (χ2v) is 9.22. The summed E-state index contributed by atoms with van der Waals surface area (Å²) in [6.07, 6.45) is 1.60. The Morgan fingerprint density at radius 1 is 0.833 bits per heavy atom. The van der Waals surface area contributed by atoms with Gasteiger partial charge in [-0.05, 0) is 53.4 Å². The van der Waals surface area contributed by atoms with Gasteiger partial charge in [0.05, 0.1) is 17.6 Å². The van der Waals surface area contributed by atoms with E-state index in [4.69, 9.17) is 0 Å². The maximum absolute atomic E-state index is 12.9. The molecule has 0 aliphatic heterocycles. The van der Waals surface area contributed by atoms with E-state index >= 15 is 0 Å². The fourth-order valence-corrected chi connectivity index (χ4v) is 4.18. The molecule has 5 rings (SSSR count). The quantitative estimate of drug-likeness (QED) is 0.187. The van der Waals surface area contributed by atoms with E-state index in [1.807, 2.05) is 78.3 Å². The van der Waals surface area contributed by atoms with Crippen molar-refractivity contribution in [3.8, 4) is 28.1 Å². The minimum absolute atomic E-state index is 0.286. The van der Waals surface area contributed by atoms with Crippen molar-refractivity contribution >= 4 is 28.1 Å². The Hall–Kier alpha value is -4.29. The number of halogens is 1. The number of hydrazone groups is 1. The van der Waals surface area contributed by atoms with Gasteiger partial charge in [-0.15, -0.1) is 0 Å². The number of benzene rings is 4. The van der Waals surface area contributed by atoms with Gasteiger partial charge in [0.25, 0.3) is 5.91 Å². The van der Waals surface area contributed by atoms with Gasteiger partial charge in [0.2, 0.25) is 0 Å². The van der Waals surface area contributed by atoms with E-state index in [9.17, 15) is 4.79 Å². The maximum Gasteiger partial charge on any atom is 0.291 e. The average molecular weight is 535 g/mol. The second kappa shape index (κ2) is 10.5. The minimum Gasteiger partial charge on any atom is -0.265 e. The van der Waals surface area contributed by atoms with Crippen molar-refractivity contribution in [1.29, 1.82) is 0 Å². The van der Waals surface area contributed by atoms with Crippen LogP contribution in [0.1, 0.15) is 21.6 Å². The zero-order valence-corrected chi connectivity index (χ0v) is 21.2. The molecule has 6 heteroatoms.